The summed E-state index contributed by atoms with van der Waals surface area (Å²) in [6, 6.07) is 71.6. The molecule has 10 aromatic rings. The third kappa shape index (κ3) is 3.91. The summed E-state index contributed by atoms with van der Waals surface area (Å²) in [7, 11) is 0. The van der Waals surface area contributed by atoms with Crippen molar-refractivity contribution in [2.75, 3.05) is 0 Å². The van der Waals surface area contributed by atoms with Gasteiger partial charge in [-0.05, 0) is 134 Å². The molecule has 0 aromatic heterocycles. The number of nitriles is 1. The van der Waals surface area contributed by atoms with E-state index in [0.717, 1.165) is 0 Å². The van der Waals surface area contributed by atoms with Crippen molar-refractivity contribution in [3.63, 3.8) is 0 Å². The first-order chi connectivity index (χ1) is 27.3. The fourth-order valence-corrected chi connectivity index (χ4v) is 10.4. The van der Waals surface area contributed by atoms with Gasteiger partial charge in [0.1, 0.15) is 0 Å². The highest BCUT2D eigenvalue weighted by atomic mass is 14.5. The Labute approximate surface area is 319 Å². The lowest BCUT2D eigenvalue weighted by atomic mass is 9.70. The van der Waals surface area contributed by atoms with E-state index in [1.54, 1.807) is 0 Å². The lowest BCUT2D eigenvalue weighted by Crippen LogP contribution is -2.26. The number of benzene rings is 10. The monoisotopic (exact) mass is 693 g/mol. The quantitative estimate of drug-likeness (QED) is 0.131. The lowest BCUT2D eigenvalue weighted by molar-refractivity contribution is 0.793. The van der Waals surface area contributed by atoms with Crippen molar-refractivity contribution >= 4 is 43.1 Å². The largest absolute Gasteiger partial charge is 0.192 e. The van der Waals surface area contributed by atoms with Gasteiger partial charge in [-0.3, -0.25) is 0 Å². The molecule has 2 aliphatic carbocycles. The van der Waals surface area contributed by atoms with E-state index in [9.17, 15) is 5.26 Å². The molecule has 12 rings (SSSR count). The Morgan fingerprint density at radius 1 is 0.327 bits per heavy atom. The Morgan fingerprint density at radius 3 is 1.44 bits per heavy atom. The molecule has 0 heterocycles. The second-order valence-electron chi connectivity index (χ2n) is 15.0. The molecule has 55 heavy (non-hydrogen) atoms. The van der Waals surface area contributed by atoms with Crippen molar-refractivity contribution in [3.05, 3.63) is 216 Å². The molecule has 0 N–H and O–H groups in total. The van der Waals surface area contributed by atoms with Crippen LogP contribution in [0.1, 0.15) is 27.8 Å². The van der Waals surface area contributed by atoms with E-state index in [0.29, 0.717) is 5.56 Å². The molecule has 0 aliphatic heterocycles. The smallest absolute Gasteiger partial charge is 0.0991 e. The van der Waals surface area contributed by atoms with Crippen molar-refractivity contribution in [3.8, 4) is 50.6 Å². The lowest BCUT2D eigenvalue weighted by Gasteiger charge is -2.31. The third-order valence-electron chi connectivity index (χ3n) is 12.5. The van der Waals surface area contributed by atoms with Gasteiger partial charge in [-0.25, -0.2) is 0 Å². The first-order valence-corrected chi connectivity index (χ1v) is 19.0. The molecule has 0 fully saturated rings. The van der Waals surface area contributed by atoms with Gasteiger partial charge in [0.25, 0.3) is 0 Å². The zero-order valence-corrected chi connectivity index (χ0v) is 29.8. The summed E-state index contributed by atoms with van der Waals surface area (Å²) in [6.07, 6.45) is 0. The van der Waals surface area contributed by atoms with Crippen LogP contribution in [-0.2, 0) is 5.41 Å². The summed E-state index contributed by atoms with van der Waals surface area (Å²) in [5.74, 6) is 0. The summed E-state index contributed by atoms with van der Waals surface area (Å²) in [5.41, 5.74) is 15.0. The fourth-order valence-electron chi connectivity index (χ4n) is 10.4. The van der Waals surface area contributed by atoms with Gasteiger partial charge in [0.05, 0.1) is 17.0 Å². The first kappa shape index (κ1) is 30.2. The van der Waals surface area contributed by atoms with Crippen molar-refractivity contribution in [2.45, 2.75) is 5.41 Å². The normalized spacial score (nSPS) is 13.2. The van der Waals surface area contributed by atoms with Crippen LogP contribution >= 0.6 is 0 Å². The van der Waals surface area contributed by atoms with Crippen LogP contribution in [0, 0.1) is 11.3 Å². The van der Waals surface area contributed by atoms with Crippen LogP contribution in [0.4, 0.5) is 0 Å². The zero-order chi connectivity index (χ0) is 36.3. The Morgan fingerprint density at radius 2 is 0.800 bits per heavy atom. The highest BCUT2D eigenvalue weighted by Gasteiger charge is 2.51. The molecule has 0 saturated carbocycles. The molecule has 1 heteroatoms. The van der Waals surface area contributed by atoms with E-state index in [1.807, 2.05) is 6.07 Å². The number of fused-ring (bicyclic) bond motifs is 15. The Hall–Kier alpha value is -7.27. The fraction of sp³-hybridized carbons (Fsp3) is 0.0185. The number of hydrogen-bond acceptors (Lipinski definition) is 1. The van der Waals surface area contributed by atoms with Gasteiger partial charge in [0.15, 0.2) is 0 Å². The summed E-state index contributed by atoms with van der Waals surface area (Å²) in [6.45, 7) is 0. The van der Waals surface area contributed by atoms with Crippen molar-refractivity contribution < 1.29 is 0 Å². The standard InChI is InChI=1S/C54H31N/c55-32-33-25-27-41-42-28-26-35(31-51(42)54(50(41)29-33)48-23-11-9-17-39(48)40-18-10-12-24-49(40)54)52-43-19-5-7-21-45(43)53(46-22-8-6-20-44(46)52)47-30-34-13-1-2-14-36(34)37-15-3-4-16-38(37)47/h1-31H. The van der Waals surface area contributed by atoms with E-state index in [1.165, 1.54) is 110 Å². The Balaban J connectivity index is 1.19. The van der Waals surface area contributed by atoms with Gasteiger partial charge in [0.2, 0.25) is 0 Å². The summed E-state index contributed by atoms with van der Waals surface area (Å²) < 4.78 is 0. The second-order valence-corrected chi connectivity index (χ2v) is 15.0. The molecule has 0 unspecified atom stereocenters. The molecule has 252 valence electrons. The van der Waals surface area contributed by atoms with Crippen LogP contribution < -0.4 is 0 Å². The molecule has 0 amide bonds. The van der Waals surface area contributed by atoms with Gasteiger partial charge in [-0.2, -0.15) is 5.26 Å². The van der Waals surface area contributed by atoms with Crippen molar-refractivity contribution in [1.82, 2.24) is 0 Å². The molecule has 1 spiro atoms. The van der Waals surface area contributed by atoms with Gasteiger partial charge in [-0.1, -0.05) is 164 Å². The van der Waals surface area contributed by atoms with Crippen LogP contribution in [0.5, 0.6) is 0 Å². The minimum Gasteiger partial charge on any atom is -0.192 e. The predicted molar refractivity (Wildman–Crippen MR) is 228 cm³/mol. The van der Waals surface area contributed by atoms with E-state index in [2.05, 4.69) is 188 Å². The second kappa shape index (κ2) is 11.1. The molecule has 0 bridgehead atoms. The van der Waals surface area contributed by atoms with E-state index in [4.69, 9.17) is 0 Å². The minimum atomic E-state index is -0.545. The predicted octanol–water partition coefficient (Wildman–Crippen LogP) is 13.8. The molecule has 2 aliphatic rings. The average Bonchev–Trinajstić information content (AvgIpc) is 3.72. The summed E-state index contributed by atoms with van der Waals surface area (Å²) in [5, 5.41) is 20.2. The molecule has 1 nitrogen and oxygen atoms in total. The van der Waals surface area contributed by atoms with E-state index >= 15 is 0 Å². The average molecular weight is 694 g/mol. The Bertz CT molecular complexity index is 3240. The van der Waals surface area contributed by atoms with Gasteiger partial charge >= 0.3 is 0 Å². The van der Waals surface area contributed by atoms with Crippen LogP contribution in [0.25, 0.3) is 87.6 Å². The molecule has 0 saturated heterocycles. The van der Waals surface area contributed by atoms with Crippen LogP contribution in [0.2, 0.25) is 0 Å². The maximum Gasteiger partial charge on any atom is 0.0991 e. The molecule has 10 aromatic carbocycles. The molecule has 0 atom stereocenters. The molecular formula is C54H31N. The minimum absolute atomic E-state index is 0.545. The third-order valence-corrected chi connectivity index (χ3v) is 12.5. The molecular weight excluding hydrogens is 663 g/mol. The number of nitrogens with zero attached hydrogens (tertiary/aromatic N) is 1. The summed E-state index contributed by atoms with van der Waals surface area (Å²) >= 11 is 0. The van der Waals surface area contributed by atoms with Gasteiger partial charge in [-0.15, -0.1) is 0 Å². The highest BCUT2D eigenvalue weighted by Crippen LogP contribution is 2.63. The summed E-state index contributed by atoms with van der Waals surface area (Å²) in [4.78, 5) is 0. The van der Waals surface area contributed by atoms with E-state index < -0.39 is 5.41 Å². The maximum absolute atomic E-state index is 10.2. The van der Waals surface area contributed by atoms with Crippen molar-refractivity contribution in [1.29, 1.82) is 5.26 Å². The SMILES string of the molecule is N#Cc1ccc2c(c1)C1(c3ccccc3-c3ccccc31)c1cc(-c3c4ccccc4c(-c4cc5ccccc5c5ccccc45)c4ccccc34)ccc1-2. The van der Waals surface area contributed by atoms with Gasteiger partial charge in [0, 0.05) is 0 Å². The zero-order valence-electron chi connectivity index (χ0n) is 29.8. The highest BCUT2D eigenvalue weighted by molar-refractivity contribution is 6.25. The van der Waals surface area contributed by atoms with Crippen LogP contribution in [-0.4, -0.2) is 0 Å². The van der Waals surface area contributed by atoms with Crippen LogP contribution in [0.3, 0.4) is 0 Å². The Kier molecular flexibility index (Phi) is 6.11. The molecule has 0 radical (unpaired) electrons. The topological polar surface area (TPSA) is 23.8 Å². The van der Waals surface area contributed by atoms with Crippen LogP contribution in [0.15, 0.2) is 188 Å². The number of hydrogen-bond donors (Lipinski definition) is 0. The first-order valence-electron chi connectivity index (χ1n) is 19.0. The maximum atomic E-state index is 10.2. The van der Waals surface area contributed by atoms with E-state index in [-0.39, 0.29) is 0 Å². The number of rotatable bonds is 2. The van der Waals surface area contributed by atoms with Crippen molar-refractivity contribution in [2.24, 2.45) is 0 Å². The van der Waals surface area contributed by atoms with Gasteiger partial charge < -0.3 is 0 Å².